The smallest absolute Gasteiger partial charge is 0.250 e. The van der Waals surface area contributed by atoms with E-state index < -0.39 is 6.23 Å². The lowest BCUT2D eigenvalue weighted by Gasteiger charge is -2.23. The fourth-order valence-electron chi connectivity index (χ4n) is 4.51. The first-order valence-electron chi connectivity index (χ1n) is 11.6. The van der Waals surface area contributed by atoms with E-state index in [2.05, 4.69) is 9.97 Å². The largest absolute Gasteiger partial charge is 0.345 e. The number of carbonyl (C=O) groups is 1. The standard InChI is InChI=1S/C27H20ClF2N5O2/c28-18-3-7-20(8-4-18)35-13-21(26(33-35)16-1-5-19(29)6-2-16)27-34(25(36)14-37-27)10-9-17-11-23-24(12-22(17)30)32-15-31-23/h1-8,11-13,15,27H,9-10,14H2,(H,31,32). The van der Waals surface area contributed by atoms with Crippen molar-refractivity contribution in [2.24, 2.45) is 0 Å². The van der Waals surface area contributed by atoms with Crippen molar-refractivity contribution in [2.45, 2.75) is 12.6 Å². The first kappa shape index (κ1) is 23.3. The van der Waals surface area contributed by atoms with Gasteiger partial charge in [-0.15, -0.1) is 0 Å². The van der Waals surface area contributed by atoms with E-state index in [4.69, 9.17) is 21.4 Å². The summed E-state index contributed by atoms with van der Waals surface area (Å²) in [5.41, 5.74) is 4.33. The Morgan fingerprint density at radius 2 is 1.86 bits per heavy atom. The summed E-state index contributed by atoms with van der Waals surface area (Å²) in [5, 5.41) is 5.33. The molecular formula is C27H20ClF2N5O2. The molecule has 3 heterocycles. The molecule has 1 fully saturated rings. The molecule has 1 aliphatic heterocycles. The van der Waals surface area contributed by atoms with E-state index in [1.807, 2.05) is 12.1 Å². The highest BCUT2D eigenvalue weighted by atomic mass is 35.5. The number of nitrogens with one attached hydrogen (secondary N) is 1. The molecule has 1 saturated heterocycles. The molecule has 10 heteroatoms. The monoisotopic (exact) mass is 519 g/mol. The van der Waals surface area contributed by atoms with Gasteiger partial charge in [0.25, 0.3) is 5.91 Å². The van der Waals surface area contributed by atoms with Crippen LogP contribution in [0.2, 0.25) is 5.02 Å². The minimum absolute atomic E-state index is 0.109. The van der Waals surface area contributed by atoms with Gasteiger partial charge in [-0.3, -0.25) is 4.79 Å². The molecular weight excluding hydrogens is 500 g/mol. The summed E-state index contributed by atoms with van der Waals surface area (Å²) in [6.07, 6.45) is 2.84. The summed E-state index contributed by atoms with van der Waals surface area (Å²) in [5.74, 6) is -0.962. The number of amides is 1. The van der Waals surface area contributed by atoms with Crippen molar-refractivity contribution in [2.75, 3.05) is 13.2 Å². The van der Waals surface area contributed by atoms with Crippen molar-refractivity contribution in [1.29, 1.82) is 0 Å². The van der Waals surface area contributed by atoms with Crippen LogP contribution in [-0.2, 0) is 16.0 Å². The van der Waals surface area contributed by atoms with Gasteiger partial charge in [0.2, 0.25) is 0 Å². The molecule has 37 heavy (non-hydrogen) atoms. The highest BCUT2D eigenvalue weighted by molar-refractivity contribution is 6.30. The van der Waals surface area contributed by atoms with Gasteiger partial charge in [0, 0.05) is 35.0 Å². The number of H-pyrrole nitrogens is 1. The lowest BCUT2D eigenvalue weighted by Crippen LogP contribution is -2.31. The summed E-state index contributed by atoms with van der Waals surface area (Å²) in [6, 6.07) is 16.2. The summed E-state index contributed by atoms with van der Waals surface area (Å²) in [4.78, 5) is 21.5. The van der Waals surface area contributed by atoms with Crippen LogP contribution in [0.3, 0.4) is 0 Å². The molecule has 1 N–H and O–H groups in total. The van der Waals surface area contributed by atoms with Crippen molar-refractivity contribution in [1.82, 2.24) is 24.6 Å². The number of hydrogen-bond acceptors (Lipinski definition) is 4. The van der Waals surface area contributed by atoms with Crippen LogP contribution >= 0.6 is 11.6 Å². The zero-order chi connectivity index (χ0) is 25.5. The Kier molecular flexibility index (Phi) is 5.94. The molecule has 3 aromatic carbocycles. The van der Waals surface area contributed by atoms with Crippen LogP contribution in [0.1, 0.15) is 17.4 Å². The second-order valence-electron chi connectivity index (χ2n) is 8.72. The highest BCUT2D eigenvalue weighted by Crippen LogP contribution is 2.35. The minimum atomic E-state index is -0.743. The van der Waals surface area contributed by atoms with E-state index in [0.29, 0.717) is 32.9 Å². The van der Waals surface area contributed by atoms with Gasteiger partial charge in [-0.05, 0) is 66.6 Å². The molecule has 0 radical (unpaired) electrons. The number of halogens is 3. The minimum Gasteiger partial charge on any atom is -0.345 e. The van der Waals surface area contributed by atoms with Crippen molar-refractivity contribution in [3.63, 3.8) is 0 Å². The van der Waals surface area contributed by atoms with E-state index in [0.717, 1.165) is 11.2 Å². The molecule has 0 aliphatic carbocycles. The molecule has 7 nitrogen and oxygen atoms in total. The molecule has 6 rings (SSSR count). The third-order valence-corrected chi connectivity index (χ3v) is 6.65. The van der Waals surface area contributed by atoms with Gasteiger partial charge in [-0.2, -0.15) is 5.10 Å². The molecule has 2 aromatic heterocycles. The lowest BCUT2D eigenvalue weighted by atomic mass is 10.1. The predicted molar refractivity (Wildman–Crippen MR) is 134 cm³/mol. The first-order chi connectivity index (χ1) is 18.0. The molecule has 186 valence electrons. The van der Waals surface area contributed by atoms with Gasteiger partial charge >= 0.3 is 0 Å². The zero-order valence-corrected chi connectivity index (χ0v) is 20.1. The molecule has 0 bridgehead atoms. The Morgan fingerprint density at radius 1 is 1.08 bits per heavy atom. The fraction of sp³-hybridized carbons (Fsp3) is 0.148. The highest BCUT2D eigenvalue weighted by Gasteiger charge is 2.36. The van der Waals surface area contributed by atoms with E-state index in [-0.39, 0.29) is 37.1 Å². The van der Waals surface area contributed by atoms with Crippen LogP contribution < -0.4 is 0 Å². The molecule has 0 spiro atoms. The predicted octanol–water partition coefficient (Wildman–Crippen LogP) is 5.45. The number of aromatic nitrogens is 4. The molecule has 1 aliphatic rings. The number of hydrogen-bond donors (Lipinski definition) is 1. The number of carbonyl (C=O) groups excluding carboxylic acids is 1. The Hall–Kier alpha value is -4.08. The summed E-state index contributed by atoms with van der Waals surface area (Å²) in [6.45, 7) is 0.122. The molecule has 1 amide bonds. The van der Waals surface area contributed by atoms with E-state index >= 15 is 0 Å². The van der Waals surface area contributed by atoms with Crippen molar-refractivity contribution in [3.8, 4) is 16.9 Å². The van der Waals surface area contributed by atoms with E-state index in [1.54, 1.807) is 46.1 Å². The number of aromatic amines is 1. The van der Waals surface area contributed by atoms with E-state index in [9.17, 15) is 13.6 Å². The summed E-state index contributed by atoms with van der Waals surface area (Å²) < 4.78 is 35.9. The topological polar surface area (TPSA) is 76.0 Å². The third kappa shape index (κ3) is 4.47. The van der Waals surface area contributed by atoms with Crippen LogP contribution in [0, 0.1) is 11.6 Å². The Morgan fingerprint density at radius 3 is 2.65 bits per heavy atom. The molecule has 1 atom stereocenters. The van der Waals surface area contributed by atoms with Gasteiger partial charge in [-0.1, -0.05) is 11.6 Å². The molecule has 0 saturated carbocycles. The Labute approximate surface area is 215 Å². The van der Waals surface area contributed by atoms with Gasteiger partial charge in [-0.25, -0.2) is 18.4 Å². The number of imidazole rings is 1. The maximum Gasteiger partial charge on any atom is 0.250 e. The van der Waals surface area contributed by atoms with Crippen LogP contribution in [-0.4, -0.2) is 43.7 Å². The quantitative estimate of drug-likeness (QED) is 0.324. The average molecular weight is 520 g/mol. The SMILES string of the molecule is O=C1COC(c2cn(-c3ccc(Cl)cc3)nc2-c2ccc(F)cc2)N1CCc1cc2[nH]cnc2cc1F. The Balaban J connectivity index is 1.35. The van der Waals surface area contributed by atoms with E-state index in [1.165, 1.54) is 24.5 Å². The zero-order valence-electron chi connectivity index (χ0n) is 19.4. The Bertz CT molecular complexity index is 1600. The maximum absolute atomic E-state index is 14.7. The normalized spacial score (nSPS) is 15.7. The van der Waals surface area contributed by atoms with Crippen LogP contribution in [0.15, 0.2) is 73.2 Å². The maximum atomic E-state index is 14.7. The molecule has 5 aromatic rings. The van der Waals surface area contributed by atoms with Crippen LogP contribution in [0.5, 0.6) is 0 Å². The lowest BCUT2D eigenvalue weighted by molar-refractivity contribution is -0.128. The van der Waals surface area contributed by atoms with Gasteiger partial charge in [0.15, 0.2) is 6.23 Å². The number of benzene rings is 3. The number of nitrogens with zero attached hydrogens (tertiary/aromatic N) is 4. The van der Waals surface area contributed by atoms with Crippen molar-refractivity contribution >= 4 is 28.5 Å². The van der Waals surface area contributed by atoms with Crippen LogP contribution in [0.25, 0.3) is 28.0 Å². The number of rotatable bonds is 6. The fourth-order valence-corrected chi connectivity index (χ4v) is 4.64. The summed E-state index contributed by atoms with van der Waals surface area (Å²) >= 11 is 6.05. The third-order valence-electron chi connectivity index (χ3n) is 6.40. The first-order valence-corrected chi connectivity index (χ1v) is 12.0. The van der Waals surface area contributed by atoms with Gasteiger partial charge in [0.1, 0.15) is 23.9 Å². The van der Waals surface area contributed by atoms with Gasteiger partial charge in [0.05, 0.1) is 23.0 Å². The second kappa shape index (κ2) is 9.42. The number of ether oxygens (including phenoxy) is 1. The average Bonchev–Trinajstić information content (AvgIpc) is 3.62. The van der Waals surface area contributed by atoms with Crippen molar-refractivity contribution < 1.29 is 18.3 Å². The van der Waals surface area contributed by atoms with Crippen molar-refractivity contribution in [3.05, 3.63) is 101 Å². The van der Waals surface area contributed by atoms with Gasteiger partial charge < -0.3 is 14.6 Å². The number of fused-ring (bicyclic) bond motifs is 1. The molecule has 1 unspecified atom stereocenters. The summed E-state index contributed by atoms with van der Waals surface area (Å²) in [7, 11) is 0. The van der Waals surface area contributed by atoms with Crippen LogP contribution in [0.4, 0.5) is 8.78 Å². The second-order valence-corrected chi connectivity index (χ2v) is 9.16.